The number of amides is 1. The molecule has 0 saturated carbocycles. The average Bonchev–Trinajstić information content (AvgIpc) is 2.82. The third-order valence-electron chi connectivity index (χ3n) is 2.61. The van der Waals surface area contributed by atoms with E-state index >= 15 is 0 Å². The van der Waals surface area contributed by atoms with Crippen LogP contribution in [0, 0.1) is 6.92 Å². The second-order valence-electron chi connectivity index (χ2n) is 4.31. The highest BCUT2D eigenvalue weighted by molar-refractivity contribution is 7.09. The zero-order valence-electron chi connectivity index (χ0n) is 11.1. The molecule has 20 heavy (non-hydrogen) atoms. The summed E-state index contributed by atoms with van der Waals surface area (Å²) in [7, 11) is 0. The van der Waals surface area contributed by atoms with E-state index in [0.717, 1.165) is 5.56 Å². The first-order valence-electron chi connectivity index (χ1n) is 6.16. The van der Waals surface area contributed by atoms with Crippen LogP contribution in [0.25, 0.3) is 0 Å². The number of rotatable bonds is 6. The van der Waals surface area contributed by atoms with Crippen molar-refractivity contribution in [2.24, 2.45) is 5.73 Å². The van der Waals surface area contributed by atoms with E-state index in [0.29, 0.717) is 17.4 Å². The molecule has 0 bridgehead atoms. The van der Waals surface area contributed by atoms with Gasteiger partial charge in [-0.3, -0.25) is 0 Å². The minimum Gasteiger partial charge on any atom is -0.448 e. The van der Waals surface area contributed by atoms with Gasteiger partial charge in [0.05, 0.1) is 6.04 Å². The first kappa shape index (κ1) is 14.3. The molecule has 0 aliphatic carbocycles. The quantitative estimate of drug-likeness (QED) is 0.849. The van der Waals surface area contributed by atoms with E-state index in [2.05, 4.69) is 14.7 Å². The molecule has 1 aromatic heterocycles. The highest BCUT2D eigenvalue weighted by Gasteiger charge is 2.14. The number of nitrogens with zero attached hydrogens (tertiary/aromatic N) is 2. The molecule has 0 radical (unpaired) electrons. The lowest BCUT2D eigenvalue weighted by Crippen LogP contribution is -2.30. The van der Waals surface area contributed by atoms with Gasteiger partial charge in [0.25, 0.3) is 0 Å². The van der Waals surface area contributed by atoms with Crippen molar-refractivity contribution >= 4 is 22.8 Å². The van der Waals surface area contributed by atoms with Crippen LogP contribution in [-0.4, -0.2) is 28.1 Å². The number of nitrogens with two attached hydrogens (primary N) is 1. The van der Waals surface area contributed by atoms with Crippen molar-refractivity contribution in [3.05, 3.63) is 41.7 Å². The highest BCUT2D eigenvalue weighted by atomic mass is 32.1. The maximum atomic E-state index is 10.8. The topological polar surface area (TPSA) is 90.1 Å². The van der Waals surface area contributed by atoms with Gasteiger partial charge in [0.15, 0.2) is 0 Å². The van der Waals surface area contributed by atoms with E-state index in [1.165, 1.54) is 11.5 Å². The Kier molecular flexibility index (Phi) is 4.89. The number of hydrogen-bond acceptors (Lipinski definition) is 6. The Balaban J connectivity index is 2.01. The van der Waals surface area contributed by atoms with Crippen LogP contribution in [0.4, 0.5) is 9.93 Å². The number of anilines is 1. The normalized spacial score (nSPS) is 11.8. The first-order chi connectivity index (χ1) is 9.63. The van der Waals surface area contributed by atoms with Gasteiger partial charge in [0.2, 0.25) is 5.13 Å². The number of hydrogen-bond donors (Lipinski definition) is 2. The number of nitrogens with one attached hydrogen (secondary N) is 1. The minimum atomic E-state index is -0.779. The number of carbonyl (C=O) groups excluding carboxylic acids is 1. The van der Waals surface area contributed by atoms with Crippen LogP contribution in [0.1, 0.15) is 11.4 Å². The monoisotopic (exact) mass is 292 g/mol. The number of benzene rings is 1. The molecule has 0 spiro atoms. The van der Waals surface area contributed by atoms with E-state index in [1.54, 1.807) is 0 Å². The Bertz CT molecular complexity index is 559. The second kappa shape index (κ2) is 6.85. The summed E-state index contributed by atoms with van der Waals surface area (Å²) in [5, 5.41) is 3.92. The van der Waals surface area contributed by atoms with Crippen molar-refractivity contribution in [2.45, 2.75) is 19.4 Å². The molecule has 0 fully saturated rings. The van der Waals surface area contributed by atoms with Gasteiger partial charge in [-0.05, 0) is 18.9 Å². The number of ether oxygens (including phenoxy) is 1. The van der Waals surface area contributed by atoms with Crippen molar-refractivity contribution in [3.63, 3.8) is 0 Å². The fourth-order valence-electron chi connectivity index (χ4n) is 1.76. The zero-order chi connectivity index (χ0) is 14.4. The van der Waals surface area contributed by atoms with E-state index in [4.69, 9.17) is 10.5 Å². The standard InChI is InChI=1S/C13H16N4O2S/c1-9-15-13(20-17-9)16-11(8-19-12(14)18)7-10-5-3-2-4-6-10/h2-6,11H,7-8H2,1H3,(H2,14,18)(H,15,16,17)/t11-/m0/s1. The molecule has 1 atom stereocenters. The number of aromatic nitrogens is 2. The van der Waals surface area contributed by atoms with Crippen LogP contribution >= 0.6 is 11.5 Å². The lowest BCUT2D eigenvalue weighted by atomic mass is 10.1. The molecule has 0 saturated heterocycles. The number of aryl methyl sites for hydroxylation is 1. The van der Waals surface area contributed by atoms with Gasteiger partial charge in [0.1, 0.15) is 12.4 Å². The molecule has 0 unspecified atom stereocenters. The molecule has 3 N–H and O–H groups in total. The number of carbonyl (C=O) groups is 1. The van der Waals surface area contributed by atoms with E-state index in [1.807, 2.05) is 37.3 Å². The van der Waals surface area contributed by atoms with Gasteiger partial charge in [-0.1, -0.05) is 30.3 Å². The second-order valence-corrected chi connectivity index (χ2v) is 5.06. The van der Waals surface area contributed by atoms with E-state index < -0.39 is 6.09 Å². The van der Waals surface area contributed by atoms with E-state index in [-0.39, 0.29) is 12.6 Å². The van der Waals surface area contributed by atoms with Crippen LogP contribution in [0.3, 0.4) is 0 Å². The maximum absolute atomic E-state index is 10.8. The van der Waals surface area contributed by atoms with Crippen molar-refractivity contribution in [3.8, 4) is 0 Å². The fourth-order valence-corrected chi connectivity index (χ4v) is 2.41. The Hall–Kier alpha value is -2.15. The van der Waals surface area contributed by atoms with Crippen LogP contribution in [0.2, 0.25) is 0 Å². The largest absolute Gasteiger partial charge is 0.448 e. The third kappa shape index (κ3) is 4.51. The molecular formula is C13H16N4O2S. The van der Waals surface area contributed by atoms with Gasteiger partial charge in [-0.25, -0.2) is 9.78 Å². The zero-order valence-corrected chi connectivity index (χ0v) is 11.9. The van der Waals surface area contributed by atoms with Gasteiger partial charge in [-0.2, -0.15) is 4.37 Å². The van der Waals surface area contributed by atoms with Gasteiger partial charge < -0.3 is 15.8 Å². The van der Waals surface area contributed by atoms with Gasteiger partial charge >= 0.3 is 6.09 Å². The molecule has 106 valence electrons. The molecule has 1 amide bonds. The highest BCUT2D eigenvalue weighted by Crippen LogP contribution is 2.14. The summed E-state index contributed by atoms with van der Waals surface area (Å²) < 4.78 is 9.00. The predicted molar refractivity (Wildman–Crippen MR) is 77.7 cm³/mol. The summed E-state index contributed by atoms with van der Waals surface area (Å²) >= 11 is 1.28. The summed E-state index contributed by atoms with van der Waals surface area (Å²) in [5.41, 5.74) is 6.16. The molecule has 0 aliphatic heterocycles. The van der Waals surface area contributed by atoms with Crippen LogP contribution in [0.15, 0.2) is 30.3 Å². The average molecular weight is 292 g/mol. The number of primary amides is 1. The predicted octanol–water partition coefficient (Wildman–Crippen LogP) is 1.97. The molecule has 1 aromatic carbocycles. The maximum Gasteiger partial charge on any atom is 0.404 e. The molecule has 2 aromatic rings. The van der Waals surface area contributed by atoms with Gasteiger partial charge in [0, 0.05) is 11.5 Å². The molecular weight excluding hydrogens is 276 g/mol. The smallest absolute Gasteiger partial charge is 0.404 e. The Morgan fingerprint density at radius 3 is 2.80 bits per heavy atom. The minimum absolute atomic E-state index is 0.0998. The van der Waals surface area contributed by atoms with Crippen LogP contribution < -0.4 is 11.1 Å². The fraction of sp³-hybridized carbons (Fsp3) is 0.308. The summed E-state index contributed by atoms with van der Waals surface area (Å²) in [6.45, 7) is 2.01. The first-order valence-corrected chi connectivity index (χ1v) is 6.94. The molecule has 7 heteroatoms. The SMILES string of the molecule is Cc1nsc(N[C@H](COC(N)=O)Cc2ccccc2)n1. The Morgan fingerprint density at radius 1 is 1.45 bits per heavy atom. The lowest BCUT2D eigenvalue weighted by molar-refractivity contribution is 0.151. The molecule has 2 rings (SSSR count). The summed E-state index contributed by atoms with van der Waals surface area (Å²) in [6, 6.07) is 9.83. The van der Waals surface area contributed by atoms with E-state index in [9.17, 15) is 4.79 Å². The third-order valence-corrected chi connectivity index (χ3v) is 3.34. The summed E-state index contributed by atoms with van der Waals surface area (Å²) in [5.74, 6) is 0.715. The summed E-state index contributed by atoms with van der Waals surface area (Å²) in [6.07, 6.45) is -0.0782. The van der Waals surface area contributed by atoms with Crippen molar-refractivity contribution < 1.29 is 9.53 Å². The Labute approximate surface area is 121 Å². The van der Waals surface area contributed by atoms with Crippen molar-refractivity contribution in [1.29, 1.82) is 0 Å². The van der Waals surface area contributed by atoms with Crippen LogP contribution in [0.5, 0.6) is 0 Å². The lowest BCUT2D eigenvalue weighted by Gasteiger charge is -2.17. The molecule has 1 heterocycles. The van der Waals surface area contributed by atoms with Crippen molar-refractivity contribution in [2.75, 3.05) is 11.9 Å². The summed E-state index contributed by atoms with van der Waals surface area (Å²) in [4.78, 5) is 15.0. The van der Waals surface area contributed by atoms with Crippen LogP contribution in [-0.2, 0) is 11.2 Å². The molecule has 6 nitrogen and oxygen atoms in total. The van der Waals surface area contributed by atoms with Crippen molar-refractivity contribution in [1.82, 2.24) is 9.36 Å². The van der Waals surface area contributed by atoms with Gasteiger partial charge in [-0.15, -0.1) is 0 Å². The Morgan fingerprint density at radius 2 is 2.20 bits per heavy atom. The molecule has 0 aliphatic rings.